The summed E-state index contributed by atoms with van der Waals surface area (Å²) in [4.78, 5) is 6.64. The summed E-state index contributed by atoms with van der Waals surface area (Å²) in [6.07, 6.45) is 2.38. The van der Waals surface area contributed by atoms with Crippen LogP contribution in [-0.4, -0.2) is 18.1 Å². The van der Waals surface area contributed by atoms with Gasteiger partial charge in [0.25, 0.3) is 0 Å². The van der Waals surface area contributed by atoms with Crippen LogP contribution in [0.5, 0.6) is 0 Å². The maximum atomic E-state index is 4.30. The van der Waals surface area contributed by atoms with Gasteiger partial charge in [0.2, 0.25) is 0 Å². The molecule has 0 saturated carbocycles. The molecule has 0 unspecified atom stereocenters. The number of thiazole rings is 1. The molecule has 0 amide bonds. The Bertz CT molecular complexity index is 190. The minimum Gasteiger partial charge on any atom is -0.356 e. The first-order valence-corrected chi connectivity index (χ1v) is 5.45. The molecule has 1 aromatic heterocycles. The van der Waals surface area contributed by atoms with Crippen LogP contribution in [0.4, 0.5) is 5.82 Å². The number of hydrogen-bond acceptors (Lipinski definition) is 3. The second-order valence-corrected chi connectivity index (χ2v) is 3.55. The molecular formula is C9H16N2S. The van der Waals surface area contributed by atoms with Crippen LogP contribution < -0.4 is 4.90 Å². The number of anilines is 1. The fraction of sp³-hybridized carbons (Fsp3) is 0.667. The van der Waals surface area contributed by atoms with Gasteiger partial charge in [0.15, 0.2) is 0 Å². The third kappa shape index (κ3) is 2.48. The molecule has 0 spiro atoms. The van der Waals surface area contributed by atoms with E-state index in [0.717, 1.165) is 18.9 Å². The maximum absolute atomic E-state index is 4.30. The number of rotatable bonds is 5. The molecule has 0 aliphatic heterocycles. The number of aromatic nitrogens is 1. The topological polar surface area (TPSA) is 16.1 Å². The van der Waals surface area contributed by atoms with Crippen LogP contribution in [0.25, 0.3) is 0 Å². The molecule has 0 aliphatic rings. The Labute approximate surface area is 78.2 Å². The molecule has 0 atom stereocenters. The maximum Gasteiger partial charge on any atom is 0.139 e. The molecule has 12 heavy (non-hydrogen) atoms. The van der Waals surface area contributed by atoms with E-state index in [1.54, 1.807) is 11.3 Å². The van der Waals surface area contributed by atoms with E-state index in [1.807, 2.05) is 5.51 Å². The summed E-state index contributed by atoms with van der Waals surface area (Å²) in [5.41, 5.74) is 1.90. The first kappa shape index (κ1) is 9.52. The fourth-order valence-electron chi connectivity index (χ4n) is 1.24. The first-order chi connectivity index (χ1) is 5.88. The van der Waals surface area contributed by atoms with Gasteiger partial charge in [-0.05, 0) is 12.8 Å². The van der Waals surface area contributed by atoms with E-state index in [4.69, 9.17) is 0 Å². The SMILES string of the molecule is CCCN(CCC)c1cscn1. The van der Waals surface area contributed by atoms with Crippen LogP contribution >= 0.6 is 11.3 Å². The molecule has 0 N–H and O–H groups in total. The van der Waals surface area contributed by atoms with Crippen LogP contribution in [-0.2, 0) is 0 Å². The van der Waals surface area contributed by atoms with Gasteiger partial charge in [-0.3, -0.25) is 0 Å². The van der Waals surface area contributed by atoms with E-state index in [1.165, 1.54) is 12.8 Å². The Kier molecular flexibility index (Phi) is 4.08. The lowest BCUT2D eigenvalue weighted by Gasteiger charge is -2.20. The van der Waals surface area contributed by atoms with Crippen molar-refractivity contribution < 1.29 is 0 Å². The summed E-state index contributed by atoms with van der Waals surface area (Å²) in [5.74, 6) is 1.14. The van der Waals surface area contributed by atoms with Crippen LogP contribution in [0.15, 0.2) is 10.9 Å². The quantitative estimate of drug-likeness (QED) is 0.699. The van der Waals surface area contributed by atoms with Crippen molar-refractivity contribution in [3.8, 4) is 0 Å². The van der Waals surface area contributed by atoms with E-state index in [-0.39, 0.29) is 0 Å². The van der Waals surface area contributed by atoms with E-state index in [9.17, 15) is 0 Å². The highest BCUT2D eigenvalue weighted by Crippen LogP contribution is 2.14. The normalized spacial score (nSPS) is 10.2. The van der Waals surface area contributed by atoms with E-state index < -0.39 is 0 Å². The lowest BCUT2D eigenvalue weighted by molar-refractivity contribution is 0.737. The summed E-state index contributed by atoms with van der Waals surface area (Å²) in [6.45, 7) is 6.65. The van der Waals surface area contributed by atoms with Crippen LogP contribution in [0.2, 0.25) is 0 Å². The molecule has 0 saturated heterocycles. The Morgan fingerprint density at radius 2 is 2.00 bits per heavy atom. The van der Waals surface area contributed by atoms with Gasteiger partial charge in [0.1, 0.15) is 5.82 Å². The Morgan fingerprint density at radius 3 is 2.42 bits per heavy atom. The molecular weight excluding hydrogens is 168 g/mol. The Balaban J connectivity index is 2.53. The van der Waals surface area contributed by atoms with Gasteiger partial charge >= 0.3 is 0 Å². The second kappa shape index (κ2) is 5.14. The van der Waals surface area contributed by atoms with E-state index in [0.29, 0.717) is 0 Å². The first-order valence-electron chi connectivity index (χ1n) is 4.51. The summed E-state index contributed by atoms with van der Waals surface area (Å²) in [6, 6.07) is 0. The summed E-state index contributed by atoms with van der Waals surface area (Å²) >= 11 is 1.67. The summed E-state index contributed by atoms with van der Waals surface area (Å²) in [5, 5.41) is 2.12. The van der Waals surface area contributed by atoms with Crippen LogP contribution in [0.1, 0.15) is 26.7 Å². The Hall–Kier alpha value is -0.570. The number of nitrogens with zero attached hydrogens (tertiary/aromatic N) is 2. The van der Waals surface area contributed by atoms with E-state index >= 15 is 0 Å². The van der Waals surface area contributed by atoms with Crippen LogP contribution in [0, 0.1) is 0 Å². The number of hydrogen-bond donors (Lipinski definition) is 0. The summed E-state index contributed by atoms with van der Waals surface area (Å²) in [7, 11) is 0. The van der Waals surface area contributed by atoms with Crippen molar-refractivity contribution in [2.45, 2.75) is 26.7 Å². The highest BCUT2D eigenvalue weighted by molar-refractivity contribution is 7.07. The predicted molar refractivity (Wildman–Crippen MR) is 54.9 cm³/mol. The van der Waals surface area contributed by atoms with Gasteiger partial charge in [0, 0.05) is 18.5 Å². The van der Waals surface area contributed by atoms with Crippen molar-refractivity contribution >= 4 is 17.2 Å². The molecule has 1 aromatic rings. The van der Waals surface area contributed by atoms with Gasteiger partial charge in [-0.25, -0.2) is 4.98 Å². The lowest BCUT2D eigenvalue weighted by Crippen LogP contribution is -2.24. The van der Waals surface area contributed by atoms with Crippen molar-refractivity contribution in [3.63, 3.8) is 0 Å². The fourth-order valence-corrected chi connectivity index (χ4v) is 1.80. The van der Waals surface area contributed by atoms with Crippen LogP contribution in [0.3, 0.4) is 0 Å². The predicted octanol–water partition coefficient (Wildman–Crippen LogP) is 2.77. The lowest BCUT2D eigenvalue weighted by atomic mass is 10.3. The highest BCUT2D eigenvalue weighted by Gasteiger charge is 2.04. The van der Waals surface area contributed by atoms with E-state index in [2.05, 4.69) is 29.1 Å². The zero-order valence-corrected chi connectivity index (χ0v) is 8.60. The minimum atomic E-state index is 1.12. The molecule has 68 valence electrons. The van der Waals surface area contributed by atoms with Crippen molar-refractivity contribution in [1.82, 2.24) is 4.98 Å². The zero-order valence-electron chi connectivity index (χ0n) is 7.79. The standard InChI is InChI=1S/C9H16N2S/c1-3-5-11(6-4-2)9-7-12-8-10-9/h7-8H,3-6H2,1-2H3. The average molecular weight is 184 g/mol. The smallest absolute Gasteiger partial charge is 0.139 e. The van der Waals surface area contributed by atoms with Crippen molar-refractivity contribution in [3.05, 3.63) is 10.9 Å². The summed E-state index contributed by atoms with van der Waals surface area (Å²) < 4.78 is 0. The largest absolute Gasteiger partial charge is 0.356 e. The molecule has 1 heterocycles. The molecule has 1 rings (SSSR count). The Morgan fingerprint density at radius 1 is 1.33 bits per heavy atom. The second-order valence-electron chi connectivity index (χ2n) is 2.83. The zero-order chi connectivity index (χ0) is 8.81. The third-order valence-corrected chi connectivity index (χ3v) is 2.30. The van der Waals surface area contributed by atoms with Crippen molar-refractivity contribution in [2.24, 2.45) is 0 Å². The monoisotopic (exact) mass is 184 g/mol. The van der Waals surface area contributed by atoms with Crippen molar-refractivity contribution in [1.29, 1.82) is 0 Å². The molecule has 0 fully saturated rings. The van der Waals surface area contributed by atoms with Crippen molar-refractivity contribution in [2.75, 3.05) is 18.0 Å². The van der Waals surface area contributed by atoms with Gasteiger partial charge in [-0.15, -0.1) is 11.3 Å². The molecule has 0 bridgehead atoms. The van der Waals surface area contributed by atoms with Gasteiger partial charge in [-0.2, -0.15) is 0 Å². The molecule has 0 radical (unpaired) electrons. The van der Waals surface area contributed by atoms with Gasteiger partial charge < -0.3 is 4.90 Å². The van der Waals surface area contributed by atoms with Gasteiger partial charge in [0.05, 0.1) is 5.51 Å². The molecule has 0 aliphatic carbocycles. The molecule has 3 heteroatoms. The molecule has 2 nitrogen and oxygen atoms in total. The highest BCUT2D eigenvalue weighted by atomic mass is 32.1. The average Bonchev–Trinajstić information content (AvgIpc) is 2.56. The van der Waals surface area contributed by atoms with Gasteiger partial charge in [-0.1, -0.05) is 13.8 Å². The molecule has 0 aromatic carbocycles. The third-order valence-electron chi connectivity index (χ3n) is 1.73. The minimum absolute atomic E-state index is 1.12.